The van der Waals surface area contributed by atoms with E-state index in [1.807, 2.05) is 19.1 Å². The molecule has 1 aromatic rings. The highest BCUT2D eigenvalue weighted by Gasteiger charge is 2.27. The van der Waals surface area contributed by atoms with Crippen molar-refractivity contribution in [3.8, 4) is 0 Å². The summed E-state index contributed by atoms with van der Waals surface area (Å²) in [5, 5.41) is 4.17. The summed E-state index contributed by atoms with van der Waals surface area (Å²) in [6.07, 6.45) is 3.59. The van der Waals surface area contributed by atoms with E-state index in [2.05, 4.69) is 31.4 Å². The van der Waals surface area contributed by atoms with Crippen LogP contribution in [0.3, 0.4) is 0 Å². The first kappa shape index (κ1) is 8.69. The van der Waals surface area contributed by atoms with Crippen LogP contribution in [0, 0.1) is 0 Å². The van der Waals surface area contributed by atoms with Gasteiger partial charge in [0.1, 0.15) is 0 Å². The molecule has 2 atom stereocenters. The van der Waals surface area contributed by atoms with Crippen LogP contribution >= 0.6 is 15.9 Å². The summed E-state index contributed by atoms with van der Waals surface area (Å²) < 4.78 is 0. The van der Waals surface area contributed by atoms with Gasteiger partial charge in [0.2, 0.25) is 0 Å². The van der Waals surface area contributed by atoms with Gasteiger partial charge in [-0.15, -0.1) is 0 Å². The third kappa shape index (κ3) is 1.58. The zero-order valence-electron chi connectivity index (χ0n) is 7.24. The Bertz CT molecular complexity index is 323. The number of aromatic nitrogens is 1. The van der Waals surface area contributed by atoms with Crippen molar-refractivity contribution < 1.29 is 0 Å². The molecule has 0 aliphatic carbocycles. The fourth-order valence-corrected chi connectivity index (χ4v) is 1.88. The Balaban J connectivity index is 2.22. The number of hydrogen-bond acceptors (Lipinski definition) is 3. The minimum atomic E-state index is 0.239. The SMILES string of the molecule is CC1=NNC(c2ccncc2)C1Br. The molecule has 0 amide bonds. The van der Waals surface area contributed by atoms with Gasteiger partial charge in [-0.25, -0.2) is 0 Å². The predicted molar refractivity (Wildman–Crippen MR) is 55.9 cm³/mol. The van der Waals surface area contributed by atoms with Crippen molar-refractivity contribution in [2.75, 3.05) is 0 Å². The number of alkyl halides is 1. The molecule has 0 fully saturated rings. The number of halogens is 1. The molecule has 68 valence electrons. The third-order valence-corrected chi connectivity index (χ3v) is 3.33. The van der Waals surface area contributed by atoms with Crippen LogP contribution in [0.4, 0.5) is 0 Å². The molecule has 0 saturated heterocycles. The Morgan fingerprint density at radius 3 is 2.62 bits per heavy atom. The number of nitrogens with one attached hydrogen (secondary N) is 1. The first-order chi connectivity index (χ1) is 6.29. The van der Waals surface area contributed by atoms with Crippen LogP contribution in [0.2, 0.25) is 0 Å². The molecule has 0 radical (unpaired) electrons. The number of hydrazone groups is 1. The van der Waals surface area contributed by atoms with Gasteiger partial charge in [0, 0.05) is 12.4 Å². The van der Waals surface area contributed by atoms with E-state index < -0.39 is 0 Å². The maximum absolute atomic E-state index is 4.17. The van der Waals surface area contributed by atoms with Crippen LogP contribution < -0.4 is 5.43 Å². The van der Waals surface area contributed by atoms with Gasteiger partial charge in [-0.3, -0.25) is 4.98 Å². The fraction of sp³-hybridized carbons (Fsp3) is 0.333. The largest absolute Gasteiger partial charge is 0.301 e. The highest BCUT2D eigenvalue weighted by molar-refractivity contribution is 9.10. The van der Waals surface area contributed by atoms with E-state index in [0.717, 1.165) is 5.71 Å². The molecule has 0 spiro atoms. The number of pyridine rings is 1. The van der Waals surface area contributed by atoms with Crippen LogP contribution in [0.15, 0.2) is 29.6 Å². The molecular formula is C9H10BrN3. The maximum Gasteiger partial charge on any atom is 0.0869 e. The average Bonchev–Trinajstić information content (AvgIpc) is 2.49. The molecule has 1 N–H and O–H groups in total. The molecule has 2 rings (SSSR count). The lowest BCUT2D eigenvalue weighted by molar-refractivity contribution is 0.630. The van der Waals surface area contributed by atoms with E-state index in [1.165, 1.54) is 5.56 Å². The maximum atomic E-state index is 4.17. The normalized spacial score (nSPS) is 26.8. The van der Waals surface area contributed by atoms with E-state index in [1.54, 1.807) is 12.4 Å². The Morgan fingerprint density at radius 1 is 1.38 bits per heavy atom. The van der Waals surface area contributed by atoms with Gasteiger partial charge >= 0.3 is 0 Å². The van der Waals surface area contributed by atoms with Crippen molar-refractivity contribution in [1.29, 1.82) is 0 Å². The van der Waals surface area contributed by atoms with Crippen LogP contribution in [0.25, 0.3) is 0 Å². The Labute approximate surface area is 85.4 Å². The van der Waals surface area contributed by atoms with Crippen molar-refractivity contribution in [3.05, 3.63) is 30.1 Å². The lowest BCUT2D eigenvalue weighted by atomic mass is 10.1. The van der Waals surface area contributed by atoms with Gasteiger partial charge in [-0.1, -0.05) is 15.9 Å². The molecule has 3 nitrogen and oxygen atoms in total. The van der Waals surface area contributed by atoms with Gasteiger partial charge in [0.25, 0.3) is 0 Å². The summed E-state index contributed by atoms with van der Waals surface area (Å²) in [5.74, 6) is 0. The van der Waals surface area contributed by atoms with Gasteiger partial charge in [-0.2, -0.15) is 5.10 Å². The highest BCUT2D eigenvalue weighted by Crippen LogP contribution is 2.26. The summed E-state index contributed by atoms with van der Waals surface area (Å²) in [7, 11) is 0. The van der Waals surface area contributed by atoms with Crippen LogP contribution in [0.1, 0.15) is 18.5 Å². The van der Waals surface area contributed by atoms with Crippen LogP contribution in [0.5, 0.6) is 0 Å². The molecule has 13 heavy (non-hydrogen) atoms. The quantitative estimate of drug-likeness (QED) is 0.761. The summed E-state index contributed by atoms with van der Waals surface area (Å²) in [4.78, 5) is 4.27. The van der Waals surface area contributed by atoms with Crippen molar-refractivity contribution >= 4 is 21.6 Å². The summed E-state index contributed by atoms with van der Waals surface area (Å²) in [5.41, 5.74) is 5.38. The number of hydrogen-bond donors (Lipinski definition) is 1. The second-order valence-electron chi connectivity index (χ2n) is 3.04. The van der Waals surface area contributed by atoms with Crippen molar-refractivity contribution in [2.45, 2.75) is 17.8 Å². The minimum Gasteiger partial charge on any atom is -0.301 e. The monoisotopic (exact) mass is 239 g/mol. The van der Waals surface area contributed by atoms with Crippen molar-refractivity contribution in [3.63, 3.8) is 0 Å². The summed E-state index contributed by atoms with van der Waals surface area (Å²) in [6.45, 7) is 2.01. The molecule has 0 saturated carbocycles. The molecular weight excluding hydrogens is 230 g/mol. The Kier molecular flexibility index (Phi) is 2.31. The van der Waals surface area contributed by atoms with Crippen LogP contribution in [-0.4, -0.2) is 15.5 Å². The third-order valence-electron chi connectivity index (χ3n) is 2.14. The van der Waals surface area contributed by atoms with E-state index in [0.29, 0.717) is 0 Å². The molecule has 4 heteroatoms. The smallest absolute Gasteiger partial charge is 0.0869 e. The molecule has 0 aromatic carbocycles. The van der Waals surface area contributed by atoms with E-state index in [9.17, 15) is 0 Å². The standard InChI is InChI=1S/C9H10BrN3/c1-6-8(10)9(13-12-6)7-2-4-11-5-3-7/h2-5,8-9,13H,1H3. The molecule has 0 bridgehead atoms. The van der Waals surface area contributed by atoms with Crippen molar-refractivity contribution in [2.24, 2.45) is 5.10 Å². The Morgan fingerprint density at radius 2 is 2.08 bits per heavy atom. The second-order valence-corrected chi connectivity index (χ2v) is 4.03. The first-order valence-corrected chi connectivity index (χ1v) is 5.04. The van der Waals surface area contributed by atoms with Gasteiger partial charge in [0.15, 0.2) is 0 Å². The lowest BCUT2D eigenvalue weighted by Crippen LogP contribution is -2.20. The van der Waals surface area contributed by atoms with E-state index in [4.69, 9.17) is 0 Å². The molecule has 1 aromatic heterocycles. The minimum absolute atomic E-state index is 0.239. The molecule has 1 aliphatic heterocycles. The first-order valence-electron chi connectivity index (χ1n) is 4.13. The predicted octanol–water partition coefficient (Wildman–Crippen LogP) is 1.87. The van der Waals surface area contributed by atoms with Crippen LogP contribution in [-0.2, 0) is 0 Å². The van der Waals surface area contributed by atoms with E-state index in [-0.39, 0.29) is 10.9 Å². The number of nitrogens with zero attached hydrogens (tertiary/aromatic N) is 2. The number of rotatable bonds is 1. The molecule has 2 heterocycles. The topological polar surface area (TPSA) is 37.3 Å². The lowest BCUT2D eigenvalue weighted by Gasteiger charge is -2.13. The van der Waals surface area contributed by atoms with Gasteiger partial charge in [0.05, 0.1) is 16.6 Å². The second kappa shape index (κ2) is 3.46. The zero-order chi connectivity index (χ0) is 9.26. The highest BCUT2D eigenvalue weighted by atomic mass is 79.9. The van der Waals surface area contributed by atoms with E-state index >= 15 is 0 Å². The molecule has 1 aliphatic rings. The fourth-order valence-electron chi connectivity index (χ4n) is 1.35. The van der Waals surface area contributed by atoms with Gasteiger partial charge in [-0.05, 0) is 24.6 Å². The molecule has 2 unspecified atom stereocenters. The Hall–Kier alpha value is -0.900. The average molecular weight is 240 g/mol. The van der Waals surface area contributed by atoms with Crippen molar-refractivity contribution in [1.82, 2.24) is 10.4 Å². The van der Waals surface area contributed by atoms with Gasteiger partial charge < -0.3 is 5.43 Å². The summed E-state index contributed by atoms with van der Waals surface area (Å²) in [6, 6.07) is 4.24. The zero-order valence-corrected chi connectivity index (χ0v) is 8.82. The summed E-state index contributed by atoms with van der Waals surface area (Å²) >= 11 is 3.59.